The van der Waals surface area contributed by atoms with Gasteiger partial charge in [0.05, 0.1) is 0 Å². The van der Waals surface area contributed by atoms with Crippen molar-refractivity contribution < 1.29 is 0 Å². The van der Waals surface area contributed by atoms with Crippen LogP contribution in [0.25, 0.3) is 0 Å². The Bertz CT molecular complexity index is 122. The van der Waals surface area contributed by atoms with E-state index in [0.717, 1.165) is 5.92 Å². The van der Waals surface area contributed by atoms with Gasteiger partial charge >= 0.3 is 0 Å². The van der Waals surface area contributed by atoms with Crippen LogP contribution in [0.2, 0.25) is 0 Å². The quantitative estimate of drug-likeness (QED) is 0.591. The van der Waals surface area contributed by atoms with Gasteiger partial charge in [0.25, 0.3) is 0 Å². The van der Waals surface area contributed by atoms with E-state index < -0.39 is 0 Å². The van der Waals surface area contributed by atoms with Crippen LogP contribution in [0.15, 0.2) is 0 Å². The molecule has 1 nitrogen and oxygen atoms in total. The van der Waals surface area contributed by atoms with Crippen molar-refractivity contribution in [1.82, 2.24) is 4.90 Å². The van der Waals surface area contributed by atoms with Gasteiger partial charge in [-0.1, -0.05) is 33.1 Å². The number of rotatable bonds is 5. The second-order valence-corrected chi connectivity index (χ2v) is 4.61. The summed E-state index contributed by atoms with van der Waals surface area (Å²) in [6, 6.07) is 0. The highest BCUT2D eigenvalue weighted by molar-refractivity contribution is 4.69. The van der Waals surface area contributed by atoms with Crippen molar-refractivity contribution in [3.63, 3.8) is 0 Å². The van der Waals surface area contributed by atoms with Gasteiger partial charge in [-0.2, -0.15) is 0 Å². The van der Waals surface area contributed by atoms with Crippen molar-refractivity contribution in [3.05, 3.63) is 0 Å². The second kappa shape index (κ2) is 6.42. The molecule has 0 aliphatic carbocycles. The van der Waals surface area contributed by atoms with Gasteiger partial charge in [-0.15, -0.1) is 0 Å². The van der Waals surface area contributed by atoms with Gasteiger partial charge < -0.3 is 4.90 Å². The fourth-order valence-corrected chi connectivity index (χ4v) is 2.25. The number of piperidine rings is 1. The van der Waals surface area contributed by atoms with Gasteiger partial charge in [-0.05, 0) is 38.3 Å². The maximum atomic E-state index is 2.66. The van der Waals surface area contributed by atoms with E-state index in [1.807, 2.05) is 0 Å². The lowest BCUT2D eigenvalue weighted by atomic mass is 10.00. The van der Waals surface area contributed by atoms with Crippen LogP contribution in [0.3, 0.4) is 0 Å². The summed E-state index contributed by atoms with van der Waals surface area (Å²) < 4.78 is 0. The summed E-state index contributed by atoms with van der Waals surface area (Å²) in [6.45, 7) is 8.73. The Morgan fingerprint density at radius 3 is 2.77 bits per heavy atom. The highest BCUT2D eigenvalue weighted by Gasteiger charge is 2.14. The van der Waals surface area contributed by atoms with Gasteiger partial charge in [0, 0.05) is 6.54 Å². The van der Waals surface area contributed by atoms with E-state index in [2.05, 4.69) is 18.7 Å². The van der Waals surface area contributed by atoms with Crippen LogP contribution in [-0.2, 0) is 0 Å². The van der Waals surface area contributed by atoms with Crippen molar-refractivity contribution in [3.8, 4) is 0 Å². The van der Waals surface area contributed by atoms with E-state index in [-0.39, 0.29) is 0 Å². The molecule has 0 aromatic heterocycles. The van der Waals surface area contributed by atoms with E-state index in [1.165, 1.54) is 58.2 Å². The minimum Gasteiger partial charge on any atom is -0.303 e. The number of nitrogens with zero attached hydrogens (tertiary/aromatic N) is 1. The molecule has 1 unspecified atom stereocenters. The van der Waals surface area contributed by atoms with Crippen molar-refractivity contribution in [2.75, 3.05) is 19.6 Å². The molecular formula is C12H25N. The molecule has 1 fully saturated rings. The Morgan fingerprint density at radius 1 is 1.23 bits per heavy atom. The first kappa shape index (κ1) is 11.0. The van der Waals surface area contributed by atoms with E-state index in [0.29, 0.717) is 0 Å². The summed E-state index contributed by atoms with van der Waals surface area (Å²) in [6.07, 6.45) is 8.50. The molecule has 78 valence electrons. The first-order chi connectivity index (χ1) is 6.33. The molecule has 0 aromatic rings. The first-order valence-corrected chi connectivity index (χ1v) is 6.05. The Hall–Kier alpha value is -0.0400. The highest BCUT2D eigenvalue weighted by atomic mass is 15.1. The van der Waals surface area contributed by atoms with E-state index in [9.17, 15) is 0 Å². The standard InChI is InChI=1S/C12H25N/c1-3-4-5-6-9-13-10-7-8-12(2)11-13/h12H,3-11H2,1-2H3. The zero-order valence-electron chi connectivity index (χ0n) is 9.39. The molecule has 0 radical (unpaired) electrons. The maximum Gasteiger partial charge on any atom is 0.000703 e. The smallest absolute Gasteiger partial charge is 0.000703 e. The maximum absolute atomic E-state index is 2.66. The predicted molar refractivity (Wildman–Crippen MR) is 59.0 cm³/mol. The molecule has 1 aliphatic rings. The van der Waals surface area contributed by atoms with E-state index in [4.69, 9.17) is 0 Å². The SMILES string of the molecule is CCCCCCN1CCCC(C)C1. The second-order valence-electron chi connectivity index (χ2n) is 4.61. The van der Waals surface area contributed by atoms with Crippen molar-refractivity contribution in [1.29, 1.82) is 0 Å². The Balaban J connectivity index is 2.00. The summed E-state index contributed by atoms with van der Waals surface area (Å²) in [5.74, 6) is 0.944. The van der Waals surface area contributed by atoms with E-state index in [1.54, 1.807) is 0 Å². The van der Waals surface area contributed by atoms with Crippen molar-refractivity contribution in [2.24, 2.45) is 5.92 Å². The average molecular weight is 183 g/mol. The molecule has 13 heavy (non-hydrogen) atoms. The molecule has 0 saturated carbocycles. The predicted octanol–water partition coefficient (Wildman–Crippen LogP) is 3.30. The molecule has 1 saturated heterocycles. The first-order valence-electron chi connectivity index (χ1n) is 6.05. The molecule has 1 aliphatic heterocycles. The molecular weight excluding hydrogens is 158 g/mol. The summed E-state index contributed by atoms with van der Waals surface area (Å²) in [5.41, 5.74) is 0. The lowest BCUT2D eigenvalue weighted by Crippen LogP contribution is -2.34. The summed E-state index contributed by atoms with van der Waals surface area (Å²) in [7, 11) is 0. The van der Waals surface area contributed by atoms with Crippen LogP contribution < -0.4 is 0 Å². The number of hydrogen-bond acceptors (Lipinski definition) is 1. The molecule has 0 aromatic carbocycles. The van der Waals surface area contributed by atoms with Crippen molar-refractivity contribution >= 4 is 0 Å². The zero-order valence-corrected chi connectivity index (χ0v) is 9.39. The molecule has 1 atom stereocenters. The fraction of sp³-hybridized carbons (Fsp3) is 1.00. The monoisotopic (exact) mass is 183 g/mol. The Morgan fingerprint density at radius 2 is 2.08 bits per heavy atom. The normalized spacial score (nSPS) is 24.9. The Labute approximate surface area is 83.5 Å². The summed E-state index contributed by atoms with van der Waals surface area (Å²) >= 11 is 0. The van der Waals surface area contributed by atoms with Gasteiger partial charge in [-0.3, -0.25) is 0 Å². The van der Waals surface area contributed by atoms with Crippen LogP contribution in [0.1, 0.15) is 52.4 Å². The minimum absolute atomic E-state index is 0.944. The third kappa shape index (κ3) is 4.66. The van der Waals surface area contributed by atoms with E-state index >= 15 is 0 Å². The molecule has 1 heterocycles. The molecule has 0 amide bonds. The number of hydrogen-bond donors (Lipinski definition) is 0. The van der Waals surface area contributed by atoms with Gasteiger partial charge in [0.1, 0.15) is 0 Å². The Kier molecular flexibility index (Phi) is 5.45. The molecule has 1 heteroatoms. The third-order valence-corrected chi connectivity index (χ3v) is 3.07. The highest BCUT2D eigenvalue weighted by Crippen LogP contribution is 2.15. The summed E-state index contributed by atoms with van der Waals surface area (Å²) in [4.78, 5) is 2.66. The van der Waals surface area contributed by atoms with Gasteiger partial charge in [-0.25, -0.2) is 0 Å². The third-order valence-electron chi connectivity index (χ3n) is 3.07. The molecule has 0 bridgehead atoms. The van der Waals surface area contributed by atoms with Crippen LogP contribution >= 0.6 is 0 Å². The van der Waals surface area contributed by atoms with Crippen LogP contribution in [0.5, 0.6) is 0 Å². The largest absolute Gasteiger partial charge is 0.303 e. The fourth-order valence-electron chi connectivity index (χ4n) is 2.25. The van der Waals surface area contributed by atoms with Crippen molar-refractivity contribution in [2.45, 2.75) is 52.4 Å². The minimum atomic E-state index is 0.944. The average Bonchev–Trinajstić information content (AvgIpc) is 2.13. The molecule has 0 N–H and O–H groups in total. The van der Waals surface area contributed by atoms with Crippen LogP contribution in [0.4, 0.5) is 0 Å². The number of unbranched alkanes of at least 4 members (excludes halogenated alkanes) is 3. The van der Waals surface area contributed by atoms with Crippen LogP contribution in [-0.4, -0.2) is 24.5 Å². The lowest BCUT2D eigenvalue weighted by molar-refractivity contribution is 0.181. The number of likely N-dealkylation sites (tertiary alicyclic amines) is 1. The van der Waals surface area contributed by atoms with Gasteiger partial charge in [0.2, 0.25) is 0 Å². The molecule has 0 spiro atoms. The van der Waals surface area contributed by atoms with Crippen LogP contribution in [0, 0.1) is 5.92 Å². The molecule has 1 rings (SSSR count). The topological polar surface area (TPSA) is 3.24 Å². The zero-order chi connectivity index (χ0) is 9.52. The summed E-state index contributed by atoms with van der Waals surface area (Å²) in [5, 5.41) is 0. The van der Waals surface area contributed by atoms with Gasteiger partial charge in [0.15, 0.2) is 0 Å². The lowest BCUT2D eigenvalue weighted by Gasteiger charge is -2.30.